The maximum Gasteiger partial charge on any atom is 0.248 e. The van der Waals surface area contributed by atoms with E-state index in [1.54, 1.807) is 6.20 Å². The van der Waals surface area contributed by atoms with Crippen molar-refractivity contribution in [1.29, 1.82) is 0 Å². The van der Waals surface area contributed by atoms with Crippen LogP contribution in [0.4, 0.5) is 0 Å². The van der Waals surface area contributed by atoms with Crippen LogP contribution in [0.5, 0.6) is 0 Å². The number of aryl methyl sites for hydroxylation is 1. The summed E-state index contributed by atoms with van der Waals surface area (Å²) >= 11 is 0. The number of para-hydroxylation sites is 1. The summed E-state index contributed by atoms with van der Waals surface area (Å²) in [4.78, 5) is 16.4. The lowest BCUT2D eigenvalue weighted by molar-refractivity contribution is -0.131. The Morgan fingerprint density at radius 2 is 2.15 bits per heavy atom. The molecule has 0 atom stereocenters. The first-order valence-corrected chi connectivity index (χ1v) is 9.25. The molecule has 3 aromatic rings. The molecular formula is C20H25N5O. The number of aromatic amines is 1. The molecule has 1 aromatic carbocycles. The number of benzene rings is 1. The van der Waals surface area contributed by atoms with E-state index in [1.807, 2.05) is 16.9 Å². The van der Waals surface area contributed by atoms with Crippen molar-refractivity contribution in [3.8, 4) is 0 Å². The molecule has 2 aromatic heterocycles. The van der Waals surface area contributed by atoms with Gasteiger partial charge in [-0.2, -0.15) is 5.10 Å². The minimum atomic E-state index is -0.578. The van der Waals surface area contributed by atoms with Crippen molar-refractivity contribution in [1.82, 2.24) is 25.4 Å². The van der Waals surface area contributed by atoms with Gasteiger partial charge in [-0.1, -0.05) is 18.2 Å². The molecule has 0 spiro atoms. The zero-order valence-electron chi connectivity index (χ0n) is 15.1. The van der Waals surface area contributed by atoms with Crippen LogP contribution < -0.4 is 10.6 Å². The molecule has 0 unspecified atom stereocenters. The van der Waals surface area contributed by atoms with Crippen molar-refractivity contribution < 1.29 is 4.79 Å². The molecule has 0 aliphatic carbocycles. The molecule has 1 amide bonds. The predicted molar refractivity (Wildman–Crippen MR) is 102 cm³/mol. The fraction of sp³-hybridized carbons (Fsp3) is 0.400. The van der Waals surface area contributed by atoms with Gasteiger partial charge in [-0.25, -0.2) is 0 Å². The van der Waals surface area contributed by atoms with E-state index in [4.69, 9.17) is 0 Å². The molecule has 6 nitrogen and oxygen atoms in total. The summed E-state index contributed by atoms with van der Waals surface area (Å²) in [6.07, 6.45) is 8.01. The molecule has 26 heavy (non-hydrogen) atoms. The second kappa shape index (κ2) is 6.96. The van der Waals surface area contributed by atoms with Gasteiger partial charge in [0.15, 0.2) is 0 Å². The molecule has 0 saturated carbocycles. The number of nitrogens with one attached hydrogen (secondary N) is 3. The lowest BCUT2D eigenvalue weighted by Crippen LogP contribution is -2.54. The Labute approximate surface area is 153 Å². The van der Waals surface area contributed by atoms with Gasteiger partial charge in [0.05, 0.1) is 0 Å². The van der Waals surface area contributed by atoms with Gasteiger partial charge in [0.2, 0.25) is 5.91 Å². The number of hydrogen-bond acceptors (Lipinski definition) is 3. The van der Waals surface area contributed by atoms with E-state index < -0.39 is 5.54 Å². The van der Waals surface area contributed by atoms with Crippen LogP contribution in [0.15, 0.2) is 42.9 Å². The quantitative estimate of drug-likeness (QED) is 0.659. The average molecular weight is 351 g/mol. The topological polar surface area (TPSA) is 74.7 Å². The number of rotatable bonds is 5. The molecule has 136 valence electrons. The molecule has 3 heterocycles. The number of hydrogen-bond donors (Lipinski definition) is 3. The van der Waals surface area contributed by atoms with Crippen molar-refractivity contribution in [2.45, 2.75) is 31.7 Å². The van der Waals surface area contributed by atoms with E-state index in [0.717, 1.165) is 32.4 Å². The van der Waals surface area contributed by atoms with Gasteiger partial charge in [0, 0.05) is 36.0 Å². The summed E-state index contributed by atoms with van der Waals surface area (Å²) in [5.41, 5.74) is 3.08. The number of aromatic nitrogens is 3. The van der Waals surface area contributed by atoms with Gasteiger partial charge in [-0.05, 0) is 56.5 Å². The van der Waals surface area contributed by atoms with E-state index in [1.165, 1.54) is 22.0 Å². The van der Waals surface area contributed by atoms with Crippen molar-refractivity contribution >= 4 is 16.8 Å². The summed E-state index contributed by atoms with van der Waals surface area (Å²) < 4.78 is 1.83. The zero-order valence-corrected chi connectivity index (χ0v) is 15.1. The van der Waals surface area contributed by atoms with Crippen molar-refractivity contribution in [2.24, 2.45) is 0 Å². The fourth-order valence-corrected chi connectivity index (χ4v) is 3.97. The molecule has 0 radical (unpaired) electrons. The normalized spacial score (nSPS) is 16.7. The number of amides is 1. The van der Waals surface area contributed by atoms with Gasteiger partial charge >= 0.3 is 0 Å². The Kier molecular flexibility index (Phi) is 4.51. The van der Waals surface area contributed by atoms with Gasteiger partial charge in [0.25, 0.3) is 0 Å². The van der Waals surface area contributed by atoms with Crippen molar-refractivity contribution in [3.63, 3.8) is 0 Å². The average Bonchev–Trinajstić information content (AvgIpc) is 3.33. The van der Waals surface area contributed by atoms with Crippen LogP contribution in [0.1, 0.15) is 24.0 Å². The van der Waals surface area contributed by atoms with Crippen molar-refractivity contribution in [2.75, 3.05) is 19.6 Å². The largest absolute Gasteiger partial charge is 0.361 e. The van der Waals surface area contributed by atoms with Crippen LogP contribution in [-0.4, -0.2) is 40.3 Å². The third-order valence-corrected chi connectivity index (χ3v) is 5.49. The van der Waals surface area contributed by atoms with Crippen LogP contribution in [-0.2, 0) is 16.8 Å². The highest BCUT2D eigenvalue weighted by Crippen LogP contribution is 2.27. The minimum Gasteiger partial charge on any atom is -0.361 e. The van der Waals surface area contributed by atoms with Crippen molar-refractivity contribution in [3.05, 3.63) is 54.0 Å². The highest BCUT2D eigenvalue weighted by Gasteiger charge is 2.41. The summed E-state index contributed by atoms with van der Waals surface area (Å²) in [6.45, 7) is 4.38. The molecule has 1 fully saturated rings. The molecule has 0 bridgehead atoms. The van der Waals surface area contributed by atoms with Crippen LogP contribution in [0.3, 0.4) is 0 Å². The smallest absolute Gasteiger partial charge is 0.248 e. The second-order valence-electron chi connectivity index (χ2n) is 7.05. The van der Waals surface area contributed by atoms with Crippen LogP contribution in [0, 0.1) is 6.92 Å². The number of carbonyl (C=O) groups is 1. The van der Waals surface area contributed by atoms with Crippen LogP contribution in [0.2, 0.25) is 0 Å². The van der Waals surface area contributed by atoms with E-state index in [2.05, 4.69) is 52.0 Å². The number of nitrogens with zero attached hydrogens (tertiary/aromatic N) is 2. The Balaban J connectivity index is 1.46. The number of fused-ring (bicyclic) bond motifs is 1. The van der Waals surface area contributed by atoms with Gasteiger partial charge in [-0.3, -0.25) is 9.48 Å². The van der Waals surface area contributed by atoms with Crippen LogP contribution in [0.25, 0.3) is 10.9 Å². The third-order valence-electron chi connectivity index (χ3n) is 5.49. The lowest BCUT2D eigenvalue weighted by atomic mass is 9.87. The monoisotopic (exact) mass is 351 g/mol. The number of piperidine rings is 1. The summed E-state index contributed by atoms with van der Waals surface area (Å²) in [5.74, 6) is 0.0683. The summed E-state index contributed by atoms with van der Waals surface area (Å²) in [7, 11) is 0. The number of H-pyrrole nitrogens is 1. The zero-order chi connectivity index (χ0) is 18.0. The molecule has 1 saturated heterocycles. The molecule has 3 N–H and O–H groups in total. The Morgan fingerprint density at radius 3 is 2.92 bits per heavy atom. The maximum absolute atomic E-state index is 13.1. The Bertz CT molecular complexity index is 890. The molecule has 1 aliphatic heterocycles. The molecule has 1 aliphatic rings. The third kappa shape index (κ3) is 2.90. The van der Waals surface area contributed by atoms with Gasteiger partial charge in [-0.15, -0.1) is 0 Å². The van der Waals surface area contributed by atoms with E-state index in [0.29, 0.717) is 6.54 Å². The Hall–Kier alpha value is -2.60. The van der Waals surface area contributed by atoms with Gasteiger partial charge < -0.3 is 15.6 Å². The number of carbonyl (C=O) groups excluding carboxylic acids is 1. The molecule has 6 heteroatoms. The Morgan fingerprint density at radius 1 is 1.31 bits per heavy atom. The first-order chi connectivity index (χ1) is 12.7. The molecular weight excluding hydrogens is 326 g/mol. The molecule has 4 rings (SSSR count). The first-order valence-electron chi connectivity index (χ1n) is 9.25. The lowest BCUT2D eigenvalue weighted by Gasteiger charge is -2.36. The van der Waals surface area contributed by atoms with E-state index in [9.17, 15) is 4.79 Å². The van der Waals surface area contributed by atoms with Crippen LogP contribution >= 0.6 is 0 Å². The second-order valence-corrected chi connectivity index (χ2v) is 7.05. The van der Waals surface area contributed by atoms with Gasteiger partial charge in [0.1, 0.15) is 5.54 Å². The standard InChI is InChI=1S/C20H25N5O/c1-15-4-2-5-17-16(14-23-18(15)17)6-10-22-19(26)20(7-11-21-12-8-20)25-13-3-9-24-25/h2-5,9,13-14,21,23H,6-8,10-12H2,1H3,(H,22,26). The maximum atomic E-state index is 13.1. The van der Waals surface area contributed by atoms with E-state index in [-0.39, 0.29) is 5.91 Å². The highest BCUT2D eigenvalue weighted by atomic mass is 16.2. The SMILES string of the molecule is Cc1cccc2c(CCNC(=O)C3(n4cccn4)CCNCC3)c[nH]c12. The summed E-state index contributed by atoms with van der Waals surface area (Å²) in [6, 6.07) is 8.20. The van der Waals surface area contributed by atoms with E-state index >= 15 is 0 Å². The predicted octanol–water partition coefficient (Wildman–Crippen LogP) is 2.11. The minimum absolute atomic E-state index is 0.0683. The highest BCUT2D eigenvalue weighted by molar-refractivity contribution is 5.86. The fourth-order valence-electron chi connectivity index (χ4n) is 3.97. The summed E-state index contributed by atoms with van der Waals surface area (Å²) in [5, 5.41) is 12.1. The first kappa shape index (κ1) is 16.8.